The fourth-order valence-electron chi connectivity index (χ4n) is 1.90. The van der Waals surface area contributed by atoms with E-state index in [1.54, 1.807) is 6.07 Å². The number of aliphatic hydroxyl groups excluding tert-OH is 1. The Labute approximate surface area is 103 Å². The summed E-state index contributed by atoms with van der Waals surface area (Å²) in [5.74, 6) is 0.348. The summed E-state index contributed by atoms with van der Waals surface area (Å²) in [5.41, 5.74) is 2.02. The van der Waals surface area contributed by atoms with Gasteiger partial charge in [-0.15, -0.1) is 0 Å². The lowest BCUT2D eigenvalue weighted by atomic mass is 10.0. The molecule has 0 saturated carbocycles. The minimum Gasteiger partial charge on any atom is -0.395 e. The number of hydrogen-bond donors (Lipinski definition) is 2. The van der Waals surface area contributed by atoms with Crippen molar-refractivity contribution in [2.24, 2.45) is 5.92 Å². The van der Waals surface area contributed by atoms with Gasteiger partial charge in [-0.05, 0) is 42.5 Å². The van der Waals surface area contributed by atoms with Gasteiger partial charge >= 0.3 is 0 Å². The minimum atomic E-state index is -0.202. The monoisotopic (exact) mass is 239 g/mol. The number of halogens is 1. The van der Waals surface area contributed by atoms with Crippen LogP contribution in [-0.2, 0) is 6.54 Å². The molecule has 17 heavy (non-hydrogen) atoms. The van der Waals surface area contributed by atoms with Crippen LogP contribution in [0.2, 0.25) is 0 Å². The van der Waals surface area contributed by atoms with Crippen LogP contribution < -0.4 is 5.32 Å². The van der Waals surface area contributed by atoms with Gasteiger partial charge in [-0.25, -0.2) is 4.39 Å². The highest BCUT2D eigenvalue weighted by Gasteiger charge is 2.09. The summed E-state index contributed by atoms with van der Waals surface area (Å²) < 4.78 is 12.9. The summed E-state index contributed by atoms with van der Waals surface area (Å²) in [4.78, 5) is 0. The fourth-order valence-corrected chi connectivity index (χ4v) is 1.90. The van der Waals surface area contributed by atoms with Crippen molar-refractivity contribution >= 4 is 0 Å². The summed E-state index contributed by atoms with van der Waals surface area (Å²) in [7, 11) is 0. The zero-order valence-corrected chi connectivity index (χ0v) is 10.8. The van der Waals surface area contributed by atoms with Crippen molar-refractivity contribution in [2.75, 3.05) is 6.61 Å². The van der Waals surface area contributed by atoms with Crippen LogP contribution in [0.4, 0.5) is 4.39 Å². The van der Waals surface area contributed by atoms with E-state index in [0.29, 0.717) is 12.5 Å². The molecule has 1 unspecified atom stereocenters. The Morgan fingerprint density at radius 2 is 2.06 bits per heavy atom. The standard InChI is InChI=1S/C14H22FNO/c1-10(2)6-14(9-17)16-8-12-4-5-13(15)7-11(12)3/h4-5,7,10,14,16-17H,6,8-9H2,1-3H3. The first-order valence-electron chi connectivity index (χ1n) is 6.12. The van der Waals surface area contributed by atoms with E-state index in [-0.39, 0.29) is 18.5 Å². The third kappa shape index (κ3) is 4.84. The van der Waals surface area contributed by atoms with E-state index in [0.717, 1.165) is 17.5 Å². The molecule has 0 amide bonds. The quantitative estimate of drug-likeness (QED) is 0.800. The van der Waals surface area contributed by atoms with Gasteiger partial charge in [0.25, 0.3) is 0 Å². The lowest BCUT2D eigenvalue weighted by Gasteiger charge is -2.19. The number of aryl methyl sites for hydroxylation is 1. The van der Waals surface area contributed by atoms with Gasteiger partial charge in [0, 0.05) is 12.6 Å². The van der Waals surface area contributed by atoms with Crippen LogP contribution >= 0.6 is 0 Å². The Kier molecular flexibility index (Phi) is 5.59. The van der Waals surface area contributed by atoms with E-state index in [4.69, 9.17) is 0 Å². The Morgan fingerprint density at radius 3 is 2.59 bits per heavy atom. The average Bonchev–Trinajstić information content (AvgIpc) is 2.25. The van der Waals surface area contributed by atoms with Crippen molar-refractivity contribution in [3.63, 3.8) is 0 Å². The Bertz CT molecular complexity index is 352. The van der Waals surface area contributed by atoms with Crippen LogP contribution in [-0.4, -0.2) is 17.8 Å². The van der Waals surface area contributed by atoms with Gasteiger partial charge in [-0.3, -0.25) is 0 Å². The van der Waals surface area contributed by atoms with E-state index in [1.165, 1.54) is 12.1 Å². The second-order valence-corrected chi connectivity index (χ2v) is 4.96. The maximum atomic E-state index is 12.9. The summed E-state index contributed by atoms with van der Waals surface area (Å²) in [6.45, 7) is 6.97. The lowest BCUT2D eigenvalue weighted by molar-refractivity contribution is 0.223. The van der Waals surface area contributed by atoms with Gasteiger partial charge in [0.15, 0.2) is 0 Å². The van der Waals surface area contributed by atoms with E-state index in [1.807, 2.05) is 6.92 Å². The van der Waals surface area contributed by atoms with Crippen LogP contribution in [0, 0.1) is 18.7 Å². The third-order valence-corrected chi connectivity index (χ3v) is 2.86. The molecule has 0 saturated heterocycles. The normalized spacial score (nSPS) is 13.1. The second-order valence-electron chi connectivity index (χ2n) is 4.96. The molecule has 0 heterocycles. The first kappa shape index (κ1) is 14.1. The smallest absolute Gasteiger partial charge is 0.123 e. The molecule has 0 aliphatic rings. The zero-order valence-electron chi connectivity index (χ0n) is 10.8. The topological polar surface area (TPSA) is 32.3 Å². The summed E-state index contributed by atoms with van der Waals surface area (Å²) in [5, 5.41) is 12.5. The van der Waals surface area contributed by atoms with Crippen molar-refractivity contribution in [1.29, 1.82) is 0 Å². The van der Waals surface area contributed by atoms with Crippen molar-refractivity contribution in [2.45, 2.75) is 39.8 Å². The predicted molar refractivity (Wildman–Crippen MR) is 68.3 cm³/mol. The van der Waals surface area contributed by atoms with Crippen LogP contribution in [0.5, 0.6) is 0 Å². The van der Waals surface area contributed by atoms with Crippen molar-refractivity contribution in [3.8, 4) is 0 Å². The molecular weight excluding hydrogens is 217 g/mol. The van der Waals surface area contributed by atoms with E-state index < -0.39 is 0 Å². The molecule has 2 nitrogen and oxygen atoms in total. The van der Waals surface area contributed by atoms with Crippen LogP contribution in [0.25, 0.3) is 0 Å². The number of aliphatic hydroxyl groups is 1. The van der Waals surface area contributed by atoms with Gasteiger partial charge in [0.2, 0.25) is 0 Å². The van der Waals surface area contributed by atoms with Crippen LogP contribution in [0.1, 0.15) is 31.4 Å². The third-order valence-electron chi connectivity index (χ3n) is 2.86. The van der Waals surface area contributed by atoms with Gasteiger partial charge < -0.3 is 10.4 Å². The molecule has 0 aliphatic carbocycles. The fraction of sp³-hybridized carbons (Fsp3) is 0.571. The van der Waals surface area contributed by atoms with Crippen molar-refractivity contribution in [1.82, 2.24) is 5.32 Å². The Balaban J connectivity index is 2.53. The van der Waals surface area contributed by atoms with E-state index in [2.05, 4.69) is 19.2 Å². The molecule has 1 rings (SSSR count). The Hall–Kier alpha value is -0.930. The SMILES string of the molecule is Cc1cc(F)ccc1CNC(CO)CC(C)C. The predicted octanol–water partition coefficient (Wildman–Crippen LogP) is 2.63. The highest BCUT2D eigenvalue weighted by atomic mass is 19.1. The highest BCUT2D eigenvalue weighted by molar-refractivity contribution is 5.26. The molecule has 3 heteroatoms. The van der Waals surface area contributed by atoms with E-state index in [9.17, 15) is 9.50 Å². The van der Waals surface area contributed by atoms with E-state index >= 15 is 0 Å². The molecule has 0 radical (unpaired) electrons. The summed E-state index contributed by atoms with van der Waals surface area (Å²) >= 11 is 0. The Morgan fingerprint density at radius 1 is 1.35 bits per heavy atom. The number of rotatable bonds is 6. The van der Waals surface area contributed by atoms with Crippen LogP contribution in [0.3, 0.4) is 0 Å². The summed E-state index contributed by atoms with van der Waals surface area (Å²) in [6, 6.07) is 4.91. The molecule has 0 fully saturated rings. The molecule has 1 aromatic carbocycles. The number of benzene rings is 1. The minimum absolute atomic E-state index is 0.111. The summed E-state index contributed by atoms with van der Waals surface area (Å²) in [6.07, 6.45) is 0.941. The highest BCUT2D eigenvalue weighted by Crippen LogP contribution is 2.11. The molecule has 0 aliphatic heterocycles. The van der Waals surface area contributed by atoms with Crippen molar-refractivity contribution in [3.05, 3.63) is 35.1 Å². The maximum Gasteiger partial charge on any atom is 0.123 e. The zero-order chi connectivity index (χ0) is 12.8. The number of hydrogen-bond acceptors (Lipinski definition) is 2. The van der Waals surface area contributed by atoms with Gasteiger partial charge in [-0.2, -0.15) is 0 Å². The largest absolute Gasteiger partial charge is 0.395 e. The van der Waals surface area contributed by atoms with Gasteiger partial charge in [-0.1, -0.05) is 19.9 Å². The van der Waals surface area contributed by atoms with Crippen LogP contribution in [0.15, 0.2) is 18.2 Å². The maximum absolute atomic E-state index is 12.9. The average molecular weight is 239 g/mol. The molecule has 0 bridgehead atoms. The first-order chi connectivity index (χ1) is 8.02. The number of nitrogens with one attached hydrogen (secondary N) is 1. The molecule has 0 spiro atoms. The second kappa shape index (κ2) is 6.72. The molecule has 2 N–H and O–H groups in total. The molecule has 0 aromatic heterocycles. The van der Waals surface area contributed by atoms with Gasteiger partial charge in [0.1, 0.15) is 5.82 Å². The lowest BCUT2D eigenvalue weighted by Crippen LogP contribution is -2.33. The van der Waals surface area contributed by atoms with Crippen molar-refractivity contribution < 1.29 is 9.50 Å². The molecular formula is C14H22FNO. The van der Waals surface area contributed by atoms with Gasteiger partial charge in [0.05, 0.1) is 6.61 Å². The molecule has 96 valence electrons. The first-order valence-corrected chi connectivity index (χ1v) is 6.12. The molecule has 1 aromatic rings. The molecule has 1 atom stereocenters.